The molecule has 0 aromatic heterocycles. The van der Waals surface area contributed by atoms with Crippen LogP contribution in [-0.2, 0) is 38.7 Å². The number of rotatable bonds is 38. The number of hydrogen-bond donors (Lipinski definition) is 4. The van der Waals surface area contributed by atoms with Crippen molar-refractivity contribution in [1.29, 1.82) is 0 Å². The lowest BCUT2D eigenvalue weighted by Crippen LogP contribution is -2.60. The van der Waals surface area contributed by atoms with Crippen LogP contribution in [0.25, 0.3) is 0 Å². The molecule has 2 unspecified atom stereocenters. The van der Waals surface area contributed by atoms with Gasteiger partial charge in [0, 0.05) is 12.8 Å². The number of aliphatic hydroxyl groups is 3. The van der Waals surface area contributed by atoms with Crippen LogP contribution < -0.4 is 0 Å². The molecule has 1 fully saturated rings. The van der Waals surface area contributed by atoms with E-state index in [0.29, 0.717) is 12.8 Å². The second-order valence-electron chi connectivity index (χ2n) is 16.2. The largest absolute Gasteiger partial charge is 0.462 e. The molecule has 1 aliphatic rings. The quantitative estimate of drug-likeness (QED) is 0.0200. The van der Waals surface area contributed by atoms with Gasteiger partial charge in [0.1, 0.15) is 36.8 Å². The Morgan fingerprint density at radius 1 is 0.603 bits per heavy atom. The Labute approximate surface area is 351 Å². The fraction of sp³-hybridized carbons (Fsp3) is 0.889. The van der Waals surface area contributed by atoms with E-state index >= 15 is 0 Å². The van der Waals surface area contributed by atoms with E-state index in [9.17, 15) is 37.9 Å². The van der Waals surface area contributed by atoms with Crippen molar-refractivity contribution in [1.82, 2.24) is 0 Å². The zero-order valence-electron chi connectivity index (χ0n) is 36.2. The molecule has 340 valence electrons. The molecule has 0 bridgehead atoms. The maximum absolute atomic E-state index is 12.8. The predicted molar refractivity (Wildman–Crippen MR) is 228 cm³/mol. The number of aliphatic hydroxyl groups excluding tert-OH is 3. The molecule has 0 aliphatic carbocycles. The lowest BCUT2D eigenvalue weighted by Gasteiger charge is -2.40. The van der Waals surface area contributed by atoms with Crippen molar-refractivity contribution in [2.24, 2.45) is 0 Å². The zero-order valence-corrected chi connectivity index (χ0v) is 37.0. The monoisotopic (exact) mass is 847 g/mol. The highest BCUT2D eigenvalue weighted by Crippen LogP contribution is 2.24. The van der Waals surface area contributed by atoms with Gasteiger partial charge in [-0.05, 0) is 50.7 Å². The molecule has 13 heteroatoms. The zero-order chi connectivity index (χ0) is 42.7. The average Bonchev–Trinajstić information content (AvgIpc) is 3.18. The van der Waals surface area contributed by atoms with E-state index in [1.165, 1.54) is 103 Å². The number of carbonyl (C=O) groups excluding carboxylic acids is 2. The molecule has 0 aromatic carbocycles. The summed E-state index contributed by atoms with van der Waals surface area (Å²) >= 11 is 0. The number of hydrogen-bond acceptors (Lipinski definition) is 11. The van der Waals surface area contributed by atoms with Gasteiger partial charge in [-0.1, -0.05) is 149 Å². The van der Waals surface area contributed by atoms with E-state index in [1.807, 2.05) is 0 Å². The van der Waals surface area contributed by atoms with Crippen molar-refractivity contribution in [3.8, 4) is 0 Å². The summed E-state index contributed by atoms with van der Waals surface area (Å²) in [7, 11) is -4.60. The molecule has 1 heterocycles. The highest BCUT2D eigenvalue weighted by molar-refractivity contribution is 7.85. The second kappa shape index (κ2) is 35.9. The minimum absolute atomic E-state index is 0.164. The van der Waals surface area contributed by atoms with Gasteiger partial charge in [-0.2, -0.15) is 8.42 Å². The van der Waals surface area contributed by atoms with E-state index in [-0.39, 0.29) is 19.4 Å². The summed E-state index contributed by atoms with van der Waals surface area (Å²) in [5, 5.41) is 30.9. The van der Waals surface area contributed by atoms with E-state index in [2.05, 4.69) is 31.7 Å². The molecular formula is C45H82O12S. The first kappa shape index (κ1) is 54.2. The van der Waals surface area contributed by atoms with Crippen molar-refractivity contribution >= 4 is 22.1 Å². The molecule has 0 radical (unpaired) electrons. The minimum Gasteiger partial charge on any atom is -0.462 e. The first-order valence-electron chi connectivity index (χ1n) is 23.0. The SMILES string of the molecule is CCCCCCCC=C=CCCCCCCCC(=O)OC[C@H](CO[C@H]1O[C@H](CS(=O)(=O)O)[C@@H](O)C(O)C1O)OC(=O)CCCCCCCCCCCCCCCCC. The first-order chi connectivity index (χ1) is 28.0. The highest BCUT2D eigenvalue weighted by atomic mass is 32.2. The number of ether oxygens (including phenoxy) is 4. The van der Waals surface area contributed by atoms with Crippen molar-refractivity contribution in [2.75, 3.05) is 19.0 Å². The Balaban J connectivity index is 2.45. The normalized spacial score (nSPS) is 20.0. The number of unbranched alkanes of at least 4 members (excludes halogenated alkanes) is 24. The van der Waals surface area contributed by atoms with Gasteiger partial charge in [-0.15, -0.1) is 5.73 Å². The van der Waals surface area contributed by atoms with Crippen LogP contribution in [0.1, 0.15) is 200 Å². The standard InChI is InChI=1S/C45H82O12S/c1-3-5-7-9-11-13-15-17-19-21-23-25-27-29-31-33-40(46)54-35-38(36-55-45-44(50)43(49)42(48)39(57-45)37-58(51,52)53)56-41(47)34-32-30-28-26-24-22-20-18-16-14-12-10-8-6-4-2/h15,19,38-39,42-45,48-50H,3-14,16,18,20-37H2,1-2H3,(H,51,52,53)/t17?,38-,39-,42-,43?,44?,45+/m1/s1. The van der Waals surface area contributed by atoms with Gasteiger partial charge in [0.05, 0.1) is 6.61 Å². The van der Waals surface area contributed by atoms with Crippen LogP contribution in [-0.4, -0.2) is 96.0 Å². The minimum atomic E-state index is -4.60. The molecule has 0 spiro atoms. The maximum atomic E-state index is 12.8. The Morgan fingerprint density at radius 2 is 1.03 bits per heavy atom. The molecule has 0 amide bonds. The maximum Gasteiger partial charge on any atom is 0.306 e. The Bertz CT molecular complexity index is 1190. The van der Waals surface area contributed by atoms with E-state index in [1.54, 1.807) is 0 Å². The average molecular weight is 847 g/mol. The van der Waals surface area contributed by atoms with Crippen LogP contribution in [0.5, 0.6) is 0 Å². The molecule has 12 nitrogen and oxygen atoms in total. The van der Waals surface area contributed by atoms with Gasteiger partial charge < -0.3 is 34.3 Å². The fourth-order valence-corrected chi connectivity index (χ4v) is 7.70. The van der Waals surface area contributed by atoms with Crippen molar-refractivity contribution in [2.45, 2.75) is 237 Å². The van der Waals surface area contributed by atoms with Gasteiger partial charge in [0.2, 0.25) is 0 Å². The number of allylic oxidation sites excluding steroid dienone is 1. The number of carbonyl (C=O) groups is 2. The fourth-order valence-electron chi connectivity index (χ4n) is 7.01. The molecular weight excluding hydrogens is 765 g/mol. The third-order valence-corrected chi connectivity index (χ3v) is 11.4. The van der Waals surface area contributed by atoms with E-state index < -0.39 is 71.2 Å². The molecule has 1 aliphatic heterocycles. The highest BCUT2D eigenvalue weighted by Gasteiger charge is 2.46. The summed E-state index contributed by atoms with van der Waals surface area (Å²) in [5.41, 5.74) is 3.28. The van der Waals surface area contributed by atoms with Crippen molar-refractivity contribution in [3.05, 3.63) is 17.9 Å². The van der Waals surface area contributed by atoms with Crippen molar-refractivity contribution in [3.63, 3.8) is 0 Å². The van der Waals surface area contributed by atoms with Crippen LogP contribution in [0, 0.1) is 0 Å². The Kier molecular flexibility index (Phi) is 33.5. The summed E-state index contributed by atoms with van der Waals surface area (Å²) in [6, 6.07) is 0. The van der Waals surface area contributed by atoms with Gasteiger partial charge in [0.25, 0.3) is 10.1 Å². The van der Waals surface area contributed by atoms with Gasteiger partial charge in [0.15, 0.2) is 12.4 Å². The molecule has 58 heavy (non-hydrogen) atoms. The van der Waals surface area contributed by atoms with E-state index in [4.69, 9.17) is 18.9 Å². The summed E-state index contributed by atoms with van der Waals surface area (Å²) in [6.45, 7) is 3.74. The molecule has 0 saturated carbocycles. The summed E-state index contributed by atoms with van der Waals surface area (Å²) < 4.78 is 54.0. The lowest BCUT2D eigenvalue weighted by molar-refractivity contribution is -0.297. The van der Waals surface area contributed by atoms with Crippen molar-refractivity contribution < 1.29 is 56.8 Å². The number of esters is 2. The predicted octanol–water partition coefficient (Wildman–Crippen LogP) is 9.22. The molecule has 6 atom stereocenters. The third-order valence-electron chi connectivity index (χ3n) is 10.6. The van der Waals surface area contributed by atoms with E-state index in [0.717, 1.165) is 57.8 Å². The van der Waals surface area contributed by atoms with Crippen LogP contribution in [0.15, 0.2) is 17.9 Å². The molecule has 1 saturated heterocycles. The Morgan fingerprint density at radius 3 is 1.50 bits per heavy atom. The summed E-state index contributed by atoms with van der Waals surface area (Å²) in [4.78, 5) is 25.4. The summed E-state index contributed by atoms with van der Waals surface area (Å²) in [5.74, 6) is -2.00. The Hall–Kier alpha value is -1.83. The van der Waals surface area contributed by atoms with Crippen LogP contribution in [0.3, 0.4) is 0 Å². The second-order valence-corrected chi connectivity index (χ2v) is 17.7. The van der Waals surface area contributed by atoms with Gasteiger partial charge >= 0.3 is 11.9 Å². The van der Waals surface area contributed by atoms with Gasteiger partial charge in [-0.3, -0.25) is 14.1 Å². The van der Waals surface area contributed by atoms with Crippen LogP contribution >= 0.6 is 0 Å². The first-order valence-corrected chi connectivity index (χ1v) is 24.6. The molecule has 0 aromatic rings. The molecule has 1 rings (SSSR count). The topological polar surface area (TPSA) is 186 Å². The van der Waals surface area contributed by atoms with Gasteiger partial charge in [-0.25, -0.2) is 0 Å². The third kappa shape index (κ3) is 30.2. The van der Waals surface area contributed by atoms with Crippen LogP contribution in [0.4, 0.5) is 0 Å². The molecule has 4 N–H and O–H groups in total. The lowest BCUT2D eigenvalue weighted by atomic mass is 10.00. The van der Waals surface area contributed by atoms with Crippen LogP contribution in [0.2, 0.25) is 0 Å². The smallest absolute Gasteiger partial charge is 0.306 e. The summed E-state index contributed by atoms with van der Waals surface area (Å²) in [6.07, 6.45) is 26.0.